The lowest BCUT2D eigenvalue weighted by Gasteiger charge is -2.02. The topological polar surface area (TPSA) is 78.7 Å². The van der Waals surface area contributed by atoms with E-state index >= 15 is 0 Å². The molecule has 0 atom stereocenters. The van der Waals surface area contributed by atoms with Crippen molar-refractivity contribution in [1.29, 1.82) is 0 Å². The molecule has 0 unspecified atom stereocenters. The Morgan fingerprint density at radius 1 is 1.17 bits per heavy atom. The molecular weight excluding hydrogens is 366 g/mol. The third kappa shape index (κ3) is 3.24. The van der Waals surface area contributed by atoms with Crippen LogP contribution in [0.3, 0.4) is 0 Å². The normalized spacial score (nSPS) is 12.6. The highest BCUT2D eigenvalue weighted by molar-refractivity contribution is 9.10. The molecule has 0 amide bonds. The molecule has 7 heteroatoms. The summed E-state index contributed by atoms with van der Waals surface area (Å²) in [6.07, 6.45) is 3.05. The van der Waals surface area contributed by atoms with Crippen LogP contribution in [0.5, 0.6) is 11.5 Å². The number of halogens is 1. The predicted molar refractivity (Wildman–Crippen MR) is 86.7 cm³/mol. The predicted octanol–water partition coefficient (Wildman–Crippen LogP) is 3.98. The largest absolute Gasteiger partial charge is 0.454 e. The smallest absolute Gasteiger partial charge is 0.269 e. The summed E-state index contributed by atoms with van der Waals surface area (Å²) in [4.78, 5) is 22.2. The molecular formula is C16H10BrNO5. The van der Waals surface area contributed by atoms with Gasteiger partial charge in [-0.25, -0.2) is 0 Å². The zero-order valence-electron chi connectivity index (χ0n) is 11.7. The van der Waals surface area contributed by atoms with Crippen molar-refractivity contribution in [3.05, 3.63) is 68.2 Å². The third-order valence-electron chi connectivity index (χ3n) is 3.27. The fourth-order valence-electron chi connectivity index (χ4n) is 2.07. The number of nitrogens with zero attached hydrogens (tertiary/aromatic N) is 1. The van der Waals surface area contributed by atoms with Gasteiger partial charge in [-0.05, 0) is 42.0 Å². The second-order valence-corrected chi connectivity index (χ2v) is 5.58. The van der Waals surface area contributed by atoms with Gasteiger partial charge in [0.2, 0.25) is 6.79 Å². The summed E-state index contributed by atoms with van der Waals surface area (Å²) >= 11 is 3.41. The summed E-state index contributed by atoms with van der Waals surface area (Å²) in [5, 5.41) is 10.6. The van der Waals surface area contributed by atoms with Gasteiger partial charge in [0.05, 0.1) is 4.92 Å². The molecule has 0 aromatic heterocycles. The molecule has 0 saturated heterocycles. The molecule has 0 radical (unpaired) electrons. The average Bonchev–Trinajstić information content (AvgIpc) is 2.99. The van der Waals surface area contributed by atoms with Gasteiger partial charge in [0.25, 0.3) is 5.69 Å². The number of rotatable bonds is 4. The number of benzene rings is 2. The van der Waals surface area contributed by atoms with E-state index in [2.05, 4.69) is 15.9 Å². The minimum Gasteiger partial charge on any atom is -0.454 e. The molecule has 1 aliphatic heterocycles. The van der Waals surface area contributed by atoms with Gasteiger partial charge in [-0.2, -0.15) is 0 Å². The van der Waals surface area contributed by atoms with E-state index in [1.54, 1.807) is 18.2 Å². The van der Waals surface area contributed by atoms with Gasteiger partial charge in [0, 0.05) is 22.2 Å². The number of carbonyl (C=O) groups excluding carboxylic acids is 1. The molecule has 0 N–H and O–H groups in total. The molecule has 0 aliphatic carbocycles. The Balaban J connectivity index is 1.80. The van der Waals surface area contributed by atoms with Gasteiger partial charge in [0.1, 0.15) is 0 Å². The van der Waals surface area contributed by atoms with E-state index in [4.69, 9.17) is 9.47 Å². The van der Waals surface area contributed by atoms with Crippen LogP contribution in [-0.4, -0.2) is 17.5 Å². The lowest BCUT2D eigenvalue weighted by molar-refractivity contribution is -0.384. The monoisotopic (exact) mass is 375 g/mol. The maximum absolute atomic E-state index is 12.1. The highest BCUT2D eigenvalue weighted by atomic mass is 79.9. The first-order valence-electron chi connectivity index (χ1n) is 6.60. The highest BCUT2D eigenvalue weighted by Gasteiger charge is 2.15. The van der Waals surface area contributed by atoms with Crippen molar-refractivity contribution >= 4 is 33.5 Å². The van der Waals surface area contributed by atoms with E-state index < -0.39 is 4.92 Å². The summed E-state index contributed by atoms with van der Waals surface area (Å²) in [5.74, 6) is 1.02. The van der Waals surface area contributed by atoms with Crippen molar-refractivity contribution in [3.63, 3.8) is 0 Å². The minimum absolute atomic E-state index is 0.0518. The summed E-state index contributed by atoms with van der Waals surface area (Å²) in [5.41, 5.74) is 1.09. The molecule has 0 spiro atoms. The second kappa shape index (κ2) is 6.21. The maximum atomic E-state index is 12.1. The van der Waals surface area contributed by atoms with Crippen molar-refractivity contribution in [3.8, 4) is 11.5 Å². The number of ether oxygens (including phenoxy) is 2. The fourth-order valence-corrected chi connectivity index (χ4v) is 2.52. The molecule has 0 fully saturated rings. The van der Waals surface area contributed by atoms with Gasteiger partial charge in [-0.15, -0.1) is 0 Å². The number of fused-ring (bicyclic) bond motifs is 1. The van der Waals surface area contributed by atoms with E-state index in [-0.39, 0.29) is 18.3 Å². The van der Waals surface area contributed by atoms with E-state index in [0.29, 0.717) is 17.1 Å². The van der Waals surface area contributed by atoms with Crippen LogP contribution in [0, 0.1) is 10.1 Å². The third-order valence-corrected chi connectivity index (χ3v) is 3.96. The van der Waals surface area contributed by atoms with Crippen molar-refractivity contribution in [2.24, 2.45) is 0 Å². The van der Waals surface area contributed by atoms with Crippen molar-refractivity contribution in [2.45, 2.75) is 0 Å². The zero-order chi connectivity index (χ0) is 16.4. The molecule has 0 bridgehead atoms. The van der Waals surface area contributed by atoms with E-state index in [1.165, 1.54) is 30.3 Å². The fraction of sp³-hybridized carbons (Fsp3) is 0.0625. The number of non-ortho nitro benzene ring substituents is 1. The Morgan fingerprint density at radius 2 is 1.83 bits per heavy atom. The first-order valence-corrected chi connectivity index (χ1v) is 7.40. The molecule has 116 valence electrons. The second-order valence-electron chi connectivity index (χ2n) is 4.73. The maximum Gasteiger partial charge on any atom is 0.269 e. The lowest BCUT2D eigenvalue weighted by atomic mass is 10.1. The van der Waals surface area contributed by atoms with Crippen LogP contribution in [0.2, 0.25) is 0 Å². The number of nitro benzene ring substituents is 1. The highest BCUT2D eigenvalue weighted by Crippen LogP contribution is 2.37. The molecule has 6 nitrogen and oxygen atoms in total. The number of allylic oxidation sites excluding steroid dienone is 1. The molecule has 23 heavy (non-hydrogen) atoms. The Bertz CT molecular complexity index is 814. The summed E-state index contributed by atoms with van der Waals surface area (Å²) in [7, 11) is 0. The van der Waals surface area contributed by atoms with Crippen LogP contribution in [0.25, 0.3) is 6.08 Å². The first-order chi connectivity index (χ1) is 11.0. The van der Waals surface area contributed by atoms with E-state index in [0.717, 1.165) is 10.0 Å². The molecule has 1 heterocycles. The molecule has 3 rings (SSSR count). The van der Waals surface area contributed by atoms with Crippen LogP contribution < -0.4 is 9.47 Å². The van der Waals surface area contributed by atoms with Crippen LogP contribution in [0.4, 0.5) is 5.69 Å². The quantitative estimate of drug-likeness (QED) is 0.349. The zero-order valence-corrected chi connectivity index (χ0v) is 13.3. The summed E-state index contributed by atoms with van der Waals surface area (Å²) in [6, 6.07) is 9.01. The SMILES string of the molecule is O=C(/C=C/c1cc2c(cc1Br)OCO2)c1ccc([N+](=O)[O-])cc1. The van der Waals surface area contributed by atoms with Gasteiger partial charge in [-0.1, -0.05) is 15.9 Å². The number of nitro groups is 1. The average molecular weight is 376 g/mol. The standard InChI is InChI=1S/C16H10BrNO5/c17-13-8-16-15(22-9-23-16)7-11(13)3-6-14(19)10-1-4-12(5-2-10)18(20)21/h1-8H,9H2/b6-3+. The van der Waals surface area contributed by atoms with Crippen LogP contribution in [-0.2, 0) is 0 Å². The van der Waals surface area contributed by atoms with E-state index in [1.807, 2.05) is 0 Å². The summed E-state index contributed by atoms with van der Waals surface area (Å²) < 4.78 is 11.3. The minimum atomic E-state index is -0.506. The van der Waals surface area contributed by atoms with Gasteiger partial charge < -0.3 is 9.47 Å². The van der Waals surface area contributed by atoms with Crippen LogP contribution in [0.1, 0.15) is 15.9 Å². The Labute approximate surface area is 139 Å². The number of ketones is 1. The van der Waals surface area contributed by atoms with Gasteiger partial charge in [0.15, 0.2) is 17.3 Å². The van der Waals surface area contributed by atoms with E-state index in [9.17, 15) is 14.9 Å². The van der Waals surface area contributed by atoms with Crippen molar-refractivity contribution in [2.75, 3.05) is 6.79 Å². The van der Waals surface area contributed by atoms with Gasteiger partial charge >= 0.3 is 0 Å². The lowest BCUT2D eigenvalue weighted by Crippen LogP contribution is -1.95. The number of hydrogen-bond donors (Lipinski definition) is 0. The Morgan fingerprint density at radius 3 is 2.48 bits per heavy atom. The Kier molecular flexibility index (Phi) is 4.12. The first kappa shape index (κ1) is 15.2. The Hall–Kier alpha value is -2.67. The summed E-state index contributed by atoms with van der Waals surface area (Å²) in [6.45, 7) is 0.177. The van der Waals surface area contributed by atoms with Crippen molar-refractivity contribution in [1.82, 2.24) is 0 Å². The van der Waals surface area contributed by atoms with Crippen LogP contribution >= 0.6 is 15.9 Å². The number of hydrogen-bond acceptors (Lipinski definition) is 5. The number of carbonyl (C=O) groups is 1. The van der Waals surface area contributed by atoms with Crippen LogP contribution in [0.15, 0.2) is 46.9 Å². The molecule has 0 saturated carbocycles. The molecule has 2 aromatic carbocycles. The molecule has 2 aromatic rings. The molecule has 1 aliphatic rings. The van der Waals surface area contributed by atoms with Gasteiger partial charge in [-0.3, -0.25) is 14.9 Å². The van der Waals surface area contributed by atoms with Crippen molar-refractivity contribution < 1.29 is 19.2 Å².